The number of carbonyl (C=O) groups excluding carboxylic acids is 2. The van der Waals surface area contributed by atoms with Crippen molar-refractivity contribution in [3.63, 3.8) is 0 Å². The number of amides is 2. The summed E-state index contributed by atoms with van der Waals surface area (Å²) in [7, 11) is 0. The molecule has 2 aliphatic heterocycles. The fourth-order valence-electron chi connectivity index (χ4n) is 5.08. The molecule has 33 heavy (non-hydrogen) atoms. The Labute approximate surface area is 193 Å². The number of piperidine rings is 2. The molecule has 2 fully saturated rings. The second-order valence-electron chi connectivity index (χ2n) is 8.77. The number of hydrogen-bond acceptors (Lipinski definition) is 5. The minimum atomic E-state index is 0.0493. The molecule has 2 atom stereocenters. The maximum Gasteiger partial charge on any atom is 0.254 e. The molecule has 170 valence electrons. The molecule has 3 aromatic rings. The first kappa shape index (κ1) is 21.4. The SMILES string of the molecule is O=C(CCOc1ccccc1)N1CC[C@H]2[C@H](CCCN2C(=O)c2ccc3nccnc3c2)C1. The largest absolute Gasteiger partial charge is 0.493 e. The number of para-hydroxylation sites is 1. The molecule has 0 spiro atoms. The highest BCUT2D eigenvalue weighted by molar-refractivity contribution is 5.97. The van der Waals surface area contributed by atoms with Gasteiger partial charge >= 0.3 is 0 Å². The summed E-state index contributed by atoms with van der Waals surface area (Å²) in [4.78, 5) is 38.7. The molecule has 2 aromatic carbocycles. The van der Waals surface area contributed by atoms with E-state index >= 15 is 0 Å². The van der Waals surface area contributed by atoms with Gasteiger partial charge in [-0.15, -0.1) is 0 Å². The summed E-state index contributed by atoms with van der Waals surface area (Å²) in [5.74, 6) is 1.27. The summed E-state index contributed by atoms with van der Waals surface area (Å²) in [6.45, 7) is 2.53. The van der Waals surface area contributed by atoms with Gasteiger partial charge in [-0.3, -0.25) is 19.6 Å². The first-order valence-corrected chi connectivity index (χ1v) is 11.7. The molecule has 5 rings (SSSR count). The monoisotopic (exact) mass is 444 g/mol. The van der Waals surface area contributed by atoms with Gasteiger partial charge in [-0.1, -0.05) is 18.2 Å². The topological polar surface area (TPSA) is 75.6 Å². The predicted octanol–water partition coefficient (Wildman–Crippen LogP) is 3.55. The molecule has 0 saturated carbocycles. The molecule has 0 unspecified atom stereocenters. The van der Waals surface area contributed by atoms with E-state index in [0.717, 1.165) is 42.6 Å². The van der Waals surface area contributed by atoms with Crippen molar-refractivity contribution in [3.05, 3.63) is 66.5 Å². The van der Waals surface area contributed by atoms with E-state index in [1.807, 2.05) is 58.3 Å². The van der Waals surface area contributed by atoms with Crippen LogP contribution in [-0.4, -0.2) is 63.9 Å². The van der Waals surface area contributed by atoms with Gasteiger partial charge in [0.05, 0.1) is 24.1 Å². The molecule has 2 amide bonds. The van der Waals surface area contributed by atoms with Gasteiger partial charge in [0, 0.05) is 43.6 Å². The molecule has 0 aliphatic carbocycles. The average Bonchev–Trinajstić information content (AvgIpc) is 2.88. The van der Waals surface area contributed by atoms with Gasteiger partial charge in [0.1, 0.15) is 5.75 Å². The third kappa shape index (κ3) is 4.67. The molecule has 2 aliphatic rings. The Bertz CT molecular complexity index is 1140. The van der Waals surface area contributed by atoms with Gasteiger partial charge in [-0.05, 0) is 55.5 Å². The van der Waals surface area contributed by atoms with E-state index in [1.54, 1.807) is 12.4 Å². The van der Waals surface area contributed by atoms with E-state index < -0.39 is 0 Å². The van der Waals surface area contributed by atoms with Crippen molar-refractivity contribution >= 4 is 22.8 Å². The summed E-state index contributed by atoms with van der Waals surface area (Å²) in [5.41, 5.74) is 2.17. The molecule has 2 saturated heterocycles. The standard InChI is InChI=1S/C26H28N4O3/c31-25(11-16-33-21-6-2-1-3-7-21)29-15-10-24-20(18-29)5-4-14-30(24)26(32)19-8-9-22-23(17-19)28-13-12-27-22/h1-3,6-9,12-13,17,20,24H,4-5,10-11,14-16,18H2/t20-,24+/m1/s1. The fraction of sp³-hybridized carbons (Fsp3) is 0.385. The number of hydrogen-bond donors (Lipinski definition) is 0. The summed E-state index contributed by atoms with van der Waals surface area (Å²) < 4.78 is 5.69. The highest BCUT2D eigenvalue weighted by atomic mass is 16.5. The second kappa shape index (κ2) is 9.57. The number of aromatic nitrogens is 2. The van der Waals surface area contributed by atoms with Gasteiger partial charge in [-0.2, -0.15) is 0 Å². The zero-order valence-electron chi connectivity index (χ0n) is 18.6. The van der Waals surface area contributed by atoms with Crippen LogP contribution in [0, 0.1) is 5.92 Å². The van der Waals surface area contributed by atoms with Crippen molar-refractivity contribution in [2.24, 2.45) is 5.92 Å². The van der Waals surface area contributed by atoms with E-state index in [-0.39, 0.29) is 17.9 Å². The number of rotatable bonds is 5. The maximum atomic E-state index is 13.4. The van der Waals surface area contributed by atoms with E-state index in [0.29, 0.717) is 37.6 Å². The lowest BCUT2D eigenvalue weighted by Crippen LogP contribution is -2.56. The van der Waals surface area contributed by atoms with Crippen molar-refractivity contribution in [1.29, 1.82) is 0 Å². The number of benzene rings is 2. The number of nitrogens with zero attached hydrogens (tertiary/aromatic N) is 4. The van der Waals surface area contributed by atoms with Crippen LogP contribution >= 0.6 is 0 Å². The number of likely N-dealkylation sites (tertiary alicyclic amines) is 2. The Kier molecular flexibility index (Phi) is 6.19. The summed E-state index contributed by atoms with van der Waals surface area (Å²) in [6, 6.07) is 15.3. The Balaban J connectivity index is 1.20. The highest BCUT2D eigenvalue weighted by Crippen LogP contribution is 2.32. The summed E-state index contributed by atoms with van der Waals surface area (Å²) in [5, 5.41) is 0. The second-order valence-corrected chi connectivity index (χ2v) is 8.77. The highest BCUT2D eigenvalue weighted by Gasteiger charge is 2.39. The molecule has 0 radical (unpaired) electrons. The van der Waals surface area contributed by atoms with Crippen LogP contribution in [0.1, 0.15) is 36.0 Å². The summed E-state index contributed by atoms with van der Waals surface area (Å²) >= 11 is 0. The first-order valence-electron chi connectivity index (χ1n) is 11.7. The van der Waals surface area contributed by atoms with Crippen molar-refractivity contribution in [2.45, 2.75) is 31.7 Å². The van der Waals surface area contributed by atoms with E-state index in [1.165, 1.54) is 0 Å². The van der Waals surface area contributed by atoms with Crippen LogP contribution < -0.4 is 4.74 Å². The van der Waals surface area contributed by atoms with Crippen LogP contribution in [0.4, 0.5) is 0 Å². The van der Waals surface area contributed by atoms with Crippen LogP contribution in [0.15, 0.2) is 60.9 Å². The van der Waals surface area contributed by atoms with Crippen molar-refractivity contribution in [2.75, 3.05) is 26.2 Å². The molecular formula is C26H28N4O3. The van der Waals surface area contributed by atoms with Crippen molar-refractivity contribution in [1.82, 2.24) is 19.8 Å². The van der Waals surface area contributed by atoms with E-state index in [9.17, 15) is 9.59 Å². The van der Waals surface area contributed by atoms with Crippen molar-refractivity contribution in [3.8, 4) is 5.75 Å². The lowest BCUT2D eigenvalue weighted by molar-refractivity contribution is -0.135. The van der Waals surface area contributed by atoms with Gasteiger partial charge < -0.3 is 14.5 Å². The summed E-state index contributed by atoms with van der Waals surface area (Å²) in [6.07, 6.45) is 6.48. The first-order chi connectivity index (χ1) is 16.2. The maximum absolute atomic E-state index is 13.4. The predicted molar refractivity (Wildman–Crippen MR) is 125 cm³/mol. The lowest BCUT2D eigenvalue weighted by atomic mass is 9.83. The zero-order chi connectivity index (χ0) is 22.6. The molecule has 7 nitrogen and oxygen atoms in total. The average molecular weight is 445 g/mol. The zero-order valence-corrected chi connectivity index (χ0v) is 18.6. The van der Waals surface area contributed by atoms with E-state index in [4.69, 9.17) is 4.74 Å². The van der Waals surface area contributed by atoms with Crippen LogP contribution in [0.25, 0.3) is 11.0 Å². The Hall–Kier alpha value is -3.48. The fourth-order valence-corrected chi connectivity index (χ4v) is 5.08. The number of carbonyl (C=O) groups is 2. The minimum Gasteiger partial charge on any atom is -0.493 e. The molecule has 1 aromatic heterocycles. The third-order valence-corrected chi connectivity index (χ3v) is 6.73. The van der Waals surface area contributed by atoms with Crippen LogP contribution in [0.2, 0.25) is 0 Å². The van der Waals surface area contributed by atoms with Crippen molar-refractivity contribution < 1.29 is 14.3 Å². The van der Waals surface area contributed by atoms with Crippen LogP contribution in [-0.2, 0) is 4.79 Å². The Morgan fingerprint density at radius 1 is 0.970 bits per heavy atom. The van der Waals surface area contributed by atoms with Gasteiger partial charge in [0.2, 0.25) is 5.91 Å². The molecular weight excluding hydrogens is 416 g/mol. The normalized spacial score (nSPS) is 20.4. The lowest BCUT2D eigenvalue weighted by Gasteiger charge is -2.47. The Morgan fingerprint density at radius 3 is 2.64 bits per heavy atom. The van der Waals surface area contributed by atoms with Crippen LogP contribution in [0.5, 0.6) is 5.75 Å². The number of ether oxygens (including phenoxy) is 1. The Morgan fingerprint density at radius 2 is 1.79 bits per heavy atom. The van der Waals surface area contributed by atoms with E-state index in [2.05, 4.69) is 9.97 Å². The molecule has 7 heteroatoms. The minimum absolute atomic E-state index is 0.0493. The quantitative estimate of drug-likeness (QED) is 0.602. The third-order valence-electron chi connectivity index (χ3n) is 6.73. The van der Waals surface area contributed by atoms with Gasteiger partial charge in [0.25, 0.3) is 5.91 Å². The smallest absolute Gasteiger partial charge is 0.254 e. The molecule has 0 N–H and O–H groups in total. The molecule has 0 bridgehead atoms. The van der Waals surface area contributed by atoms with Gasteiger partial charge in [-0.25, -0.2) is 0 Å². The molecule has 3 heterocycles. The van der Waals surface area contributed by atoms with Gasteiger partial charge in [0.15, 0.2) is 0 Å². The van der Waals surface area contributed by atoms with Crippen LogP contribution in [0.3, 0.4) is 0 Å². The number of fused-ring (bicyclic) bond motifs is 2.